The lowest BCUT2D eigenvalue weighted by molar-refractivity contribution is -0.119. The van der Waals surface area contributed by atoms with E-state index in [9.17, 15) is 9.59 Å². The number of nitrogens with zero attached hydrogens (tertiary/aromatic N) is 3. The van der Waals surface area contributed by atoms with Gasteiger partial charge in [-0.25, -0.2) is 0 Å². The Kier molecular flexibility index (Phi) is 6.47. The molecular weight excluding hydrogens is 350 g/mol. The van der Waals surface area contributed by atoms with Gasteiger partial charge in [-0.05, 0) is 48.7 Å². The average molecular weight is 380 g/mol. The van der Waals surface area contributed by atoms with Gasteiger partial charge >= 0.3 is 0 Å². The number of rotatable bonds is 6. The summed E-state index contributed by atoms with van der Waals surface area (Å²) in [6.07, 6.45) is 2.05. The second-order valence-corrected chi connectivity index (χ2v) is 7.48. The number of anilines is 1. The van der Waals surface area contributed by atoms with Crippen molar-refractivity contribution in [2.24, 2.45) is 0 Å². The van der Waals surface area contributed by atoms with Crippen molar-refractivity contribution in [3.8, 4) is 0 Å². The zero-order chi connectivity index (χ0) is 20.1. The van der Waals surface area contributed by atoms with Crippen LogP contribution < -0.4 is 4.90 Å². The monoisotopic (exact) mass is 379 g/mol. The first kappa shape index (κ1) is 20.1. The third-order valence-corrected chi connectivity index (χ3v) is 5.23. The lowest BCUT2D eigenvalue weighted by atomic mass is 10.0. The molecule has 1 aliphatic heterocycles. The summed E-state index contributed by atoms with van der Waals surface area (Å²) in [5, 5.41) is 0. The van der Waals surface area contributed by atoms with Crippen LogP contribution in [0.3, 0.4) is 0 Å². The number of carbonyl (C=O) groups excluding carboxylic acids is 2. The zero-order valence-corrected chi connectivity index (χ0v) is 17.0. The van der Waals surface area contributed by atoms with Crippen LogP contribution in [0, 0.1) is 0 Å². The fraction of sp³-hybridized carbons (Fsp3) is 0.391. The highest BCUT2D eigenvalue weighted by Crippen LogP contribution is 2.26. The van der Waals surface area contributed by atoms with Crippen molar-refractivity contribution >= 4 is 17.5 Å². The molecule has 0 N–H and O–H groups in total. The van der Waals surface area contributed by atoms with E-state index in [0.29, 0.717) is 18.7 Å². The number of likely N-dealkylation sites (N-methyl/N-ethyl adjacent to an activating group) is 1. The highest BCUT2D eigenvalue weighted by atomic mass is 16.2. The molecule has 2 aromatic rings. The van der Waals surface area contributed by atoms with Crippen LogP contribution in [0.25, 0.3) is 0 Å². The summed E-state index contributed by atoms with van der Waals surface area (Å²) in [5.74, 6) is 0.145. The number of fused-ring (bicyclic) bond motifs is 1. The van der Waals surface area contributed by atoms with Crippen LogP contribution in [0.5, 0.6) is 0 Å². The second kappa shape index (κ2) is 9.02. The van der Waals surface area contributed by atoms with E-state index in [1.807, 2.05) is 47.4 Å². The molecule has 0 fully saturated rings. The second-order valence-electron chi connectivity index (χ2n) is 7.48. The maximum Gasteiger partial charge on any atom is 0.253 e. The van der Waals surface area contributed by atoms with E-state index < -0.39 is 0 Å². The molecule has 0 atom stereocenters. The fourth-order valence-corrected chi connectivity index (χ4v) is 3.62. The van der Waals surface area contributed by atoms with Crippen LogP contribution in [0.15, 0.2) is 48.5 Å². The Morgan fingerprint density at radius 3 is 2.43 bits per heavy atom. The summed E-state index contributed by atoms with van der Waals surface area (Å²) < 4.78 is 0. The Bertz CT molecular complexity index is 830. The van der Waals surface area contributed by atoms with Gasteiger partial charge in [0.2, 0.25) is 5.91 Å². The third kappa shape index (κ3) is 4.60. The molecule has 0 aromatic heterocycles. The summed E-state index contributed by atoms with van der Waals surface area (Å²) in [6.45, 7) is 4.73. The van der Waals surface area contributed by atoms with Gasteiger partial charge in [0.15, 0.2) is 0 Å². The normalized spacial score (nSPS) is 13.4. The highest BCUT2D eigenvalue weighted by Gasteiger charge is 2.23. The topological polar surface area (TPSA) is 43.9 Å². The third-order valence-electron chi connectivity index (χ3n) is 5.23. The zero-order valence-electron chi connectivity index (χ0n) is 17.0. The largest absolute Gasteiger partial charge is 0.345 e. The van der Waals surface area contributed by atoms with Gasteiger partial charge < -0.3 is 9.80 Å². The Balaban J connectivity index is 1.65. The molecule has 0 unspecified atom stereocenters. The number of hydrogen-bond acceptors (Lipinski definition) is 3. The molecule has 5 nitrogen and oxygen atoms in total. The Labute approximate surface area is 167 Å². The van der Waals surface area contributed by atoms with Gasteiger partial charge in [0.1, 0.15) is 0 Å². The van der Waals surface area contributed by atoms with Crippen LogP contribution >= 0.6 is 0 Å². The Morgan fingerprint density at radius 1 is 1.04 bits per heavy atom. The van der Waals surface area contributed by atoms with Crippen molar-refractivity contribution in [3.63, 3.8) is 0 Å². The van der Waals surface area contributed by atoms with Crippen LogP contribution in [0.1, 0.15) is 34.8 Å². The summed E-state index contributed by atoms with van der Waals surface area (Å²) >= 11 is 0. The van der Waals surface area contributed by atoms with Crippen molar-refractivity contribution in [2.75, 3.05) is 38.6 Å². The van der Waals surface area contributed by atoms with E-state index in [1.165, 1.54) is 5.56 Å². The fourth-order valence-electron chi connectivity index (χ4n) is 3.62. The summed E-state index contributed by atoms with van der Waals surface area (Å²) in [4.78, 5) is 30.6. The first-order valence-electron chi connectivity index (χ1n) is 9.90. The van der Waals surface area contributed by atoms with Crippen LogP contribution in [-0.2, 0) is 17.8 Å². The van der Waals surface area contributed by atoms with Crippen LogP contribution in [0.2, 0.25) is 0 Å². The molecule has 3 rings (SSSR count). The first-order chi connectivity index (χ1) is 13.5. The smallest absolute Gasteiger partial charge is 0.253 e. The van der Waals surface area contributed by atoms with Crippen LogP contribution in [-0.4, -0.2) is 55.3 Å². The SMILES string of the molecule is CCN(CC(=O)N1CCCc2ccccc21)Cc1ccc(C(=O)N(C)C)cc1. The first-order valence-corrected chi connectivity index (χ1v) is 9.90. The van der Waals surface area contributed by atoms with Crippen LogP contribution in [0.4, 0.5) is 5.69 Å². The number of amides is 2. The number of hydrogen-bond donors (Lipinski definition) is 0. The molecule has 148 valence electrons. The molecule has 0 saturated carbocycles. The molecule has 0 aliphatic carbocycles. The molecule has 1 heterocycles. The number of carbonyl (C=O) groups is 2. The number of benzene rings is 2. The van der Waals surface area contributed by atoms with Gasteiger partial charge in [-0.3, -0.25) is 14.5 Å². The maximum atomic E-state index is 13.0. The van der Waals surface area contributed by atoms with E-state index in [4.69, 9.17) is 0 Å². The van der Waals surface area contributed by atoms with E-state index in [-0.39, 0.29) is 11.8 Å². The molecule has 0 bridgehead atoms. The van der Waals surface area contributed by atoms with Crippen molar-refractivity contribution in [1.82, 2.24) is 9.80 Å². The minimum Gasteiger partial charge on any atom is -0.345 e. The van der Waals surface area contributed by atoms with Crippen molar-refractivity contribution in [1.29, 1.82) is 0 Å². The van der Waals surface area contributed by atoms with Gasteiger partial charge in [-0.2, -0.15) is 0 Å². The summed E-state index contributed by atoms with van der Waals surface area (Å²) in [7, 11) is 3.50. The standard InChI is InChI=1S/C23H29N3O2/c1-4-25(16-18-11-13-20(14-12-18)23(28)24(2)3)17-22(27)26-15-7-9-19-8-5-6-10-21(19)26/h5-6,8,10-14H,4,7,9,15-17H2,1-3H3. The molecule has 0 saturated heterocycles. The van der Waals surface area contributed by atoms with E-state index in [2.05, 4.69) is 17.9 Å². The predicted molar refractivity (Wildman–Crippen MR) is 113 cm³/mol. The summed E-state index contributed by atoms with van der Waals surface area (Å²) in [5.41, 5.74) is 4.09. The van der Waals surface area contributed by atoms with Crippen molar-refractivity contribution in [2.45, 2.75) is 26.3 Å². The highest BCUT2D eigenvalue weighted by molar-refractivity contribution is 5.96. The molecule has 0 spiro atoms. The minimum absolute atomic E-state index is 0.00200. The van der Waals surface area contributed by atoms with E-state index >= 15 is 0 Å². The molecule has 0 radical (unpaired) electrons. The lowest BCUT2D eigenvalue weighted by Gasteiger charge is -2.31. The molecule has 1 aliphatic rings. The van der Waals surface area contributed by atoms with Gasteiger partial charge in [0.05, 0.1) is 6.54 Å². The van der Waals surface area contributed by atoms with Gasteiger partial charge in [-0.15, -0.1) is 0 Å². The van der Waals surface area contributed by atoms with Gasteiger partial charge in [0, 0.05) is 38.4 Å². The lowest BCUT2D eigenvalue weighted by Crippen LogP contribution is -2.42. The Hall–Kier alpha value is -2.66. The Morgan fingerprint density at radius 2 is 1.75 bits per heavy atom. The van der Waals surface area contributed by atoms with Gasteiger partial charge in [-0.1, -0.05) is 37.3 Å². The number of para-hydroxylation sites is 1. The quantitative estimate of drug-likeness (QED) is 0.774. The van der Waals surface area contributed by atoms with E-state index in [0.717, 1.165) is 37.2 Å². The summed E-state index contributed by atoms with van der Waals surface area (Å²) in [6, 6.07) is 15.9. The molecular formula is C23H29N3O2. The molecule has 28 heavy (non-hydrogen) atoms. The van der Waals surface area contributed by atoms with Gasteiger partial charge in [0.25, 0.3) is 5.91 Å². The molecule has 5 heteroatoms. The minimum atomic E-state index is -0.00200. The molecule has 2 aromatic carbocycles. The van der Waals surface area contributed by atoms with E-state index in [1.54, 1.807) is 19.0 Å². The number of aryl methyl sites for hydroxylation is 1. The predicted octanol–water partition coefficient (Wildman–Crippen LogP) is 3.19. The van der Waals surface area contributed by atoms with Crippen molar-refractivity contribution in [3.05, 3.63) is 65.2 Å². The van der Waals surface area contributed by atoms with Crippen molar-refractivity contribution < 1.29 is 9.59 Å². The maximum absolute atomic E-state index is 13.0. The average Bonchev–Trinajstić information content (AvgIpc) is 2.72. The molecule has 2 amide bonds.